The van der Waals surface area contributed by atoms with E-state index >= 15 is 0 Å². The Hall–Kier alpha value is -3.42. The molecule has 124 valence electrons. The number of phenolic OH excluding ortho intramolecular Hbond substituents is 1. The Labute approximate surface area is 136 Å². The maximum atomic E-state index is 11.7. The number of nitrogens with zero attached hydrogens (tertiary/aromatic N) is 1. The van der Waals surface area contributed by atoms with Gasteiger partial charge in [-0.2, -0.15) is 0 Å². The summed E-state index contributed by atoms with van der Waals surface area (Å²) in [5.74, 6) is -1.04. The number of anilines is 1. The molecule has 2 rings (SSSR count). The molecule has 2 aromatic carbocycles. The molecule has 24 heavy (non-hydrogen) atoms. The molecule has 0 spiro atoms. The second kappa shape index (κ2) is 7.73. The summed E-state index contributed by atoms with van der Waals surface area (Å²) in [6, 6.07) is 11.3. The third-order valence-electron chi connectivity index (χ3n) is 3.01. The molecule has 1 amide bonds. The summed E-state index contributed by atoms with van der Waals surface area (Å²) in [6.07, 6.45) is -0.0227. The second-order valence-corrected chi connectivity index (χ2v) is 4.86. The van der Waals surface area contributed by atoms with Crippen molar-refractivity contribution >= 4 is 23.3 Å². The van der Waals surface area contributed by atoms with E-state index in [1.165, 1.54) is 36.4 Å². The largest absolute Gasteiger partial charge is 0.508 e. The van der Waals surface area contributed by atoms with Gasteiger partial charge in [0.1, 0.15) is 5.75 Å². The first kappa shape index (κ1) is 16.9. The van der Waals surface area contributed by atoms with Crippen molar-refractivity contribution in [3.05, 3.63) is 64.2 Å². The number of amides is 1. The lowest BCUT2D eigenvalue weighted by atomic mass is 10.1. The van der Waals surface area contributed by atoms with Gasteiger partial charge in [0, 0.05) is 17.8 Å². The minimum absolute atomic E-state index is 0.0227. The van der Waals surface area contributed by atoms with E-state index in [0.717, 1.165) is 0 Å². The highest BCUT2D eigenvalue weighted by atomic mass is 16.6. The van der Waals surface area contributed by atoms with Crippen LogP contribution in [0.3, 0.4) is 0 Å². The van der Waals surface area contributed by atoms with Gasteiger partial charge in [-0.15, -0.1) is 0 Å². The Balaban J connectivity index is 1.78. The predicted octanol–water partition coefficient (Wildman–Crippen LogP) is 2.02. The third-order valence-corrected chi connectivity index (χ3v) is 3.01. The third kappa shape index (κ3) is 5.09. The SMILES string of the molecule is O=C(COC(=O)Cc1ccc(O)cc1)Nc1ccc([N+](=O)[O-])cc1. The van der Waals surface area contributed by atoms with Crippen molar-refractivity contribution in [1.82, 2.24) is 0 Å². The van der Waals surface area contributed by atoms with Gasteiger partial charge >= 0.3 is 5.97 Å². The van der Waals surface area contributed by atoms with Gasteiger partial charge in [0.2, 0.25) is 0 Å². The van der Waals surface area contributed by atoms with Crippen LogP contribution in [-0.4, -0.2) is 28.5 Å². The highest BCUT2D eigenvalue weighted by Gasteiger charge is 2.10. The molecule has 0 bridgehead atoms. The quantitative estimate of drug-likeness (QED) is 0.475. The Morgan fingerprint density at radius 2 is 1.71 bits per heavy atom. The molecule has 0 saturated carbocycles. The van der Waals surface area contributed by atoms with Crippen LogP contribution in [-0.2, 0) is 20.7 Å². The lowest BCUT2D eigenvalue weighted by Crippen LogP contribution is -2.21. The molecule has 0 saturated heterocycles. The number of aromatic hydroxyl groups is 1. The normalized spacial score (nSPS) is 10.0. The minimum atomic E-state index is -0.584. The summed E-state index contributed by atoms with van der Waals surface area (Å²) < 4.78 is 4.85. The molecular formula is C16H14N2O6. The Morgan fingerprint density at radius 3 is 2.29 bits per heavy atom. The summed E-state index contributed by atoms with van der Waals surface area (Å²) in [5, 5.41) is 22.1. The molecule has 0 radical (unpaired) electrons. The van der Waals surface area contributed by atoms with Crippen LogP contribution in [0, 0.1) is 10.1 Å². The van der Waals surface area contributed by atoms with Gasteiger partial charge in [0.15, 0.2) is 6.61 Å². The second-order valence-electron chi connectivity index (χ2n) is 4.86. The van der Waals surface area contributed by atoms with Crippen molar-refractivity contribution in [1.29, 1.82) is 0 Å². The number of hydrogen-bond donors (Lipinski definition) is 2. The summed E-state index contributed by atoms with van der Waals surface area (Å²) in [7, 11) is 0. The molecule has 0 atom stereocenters. The van der Waals surface area contributed by atoms with Crippen LogP contribution in [0.4, 0.5) is 11.4 Å². The molecule has 0 aliphatic carbocycles. The number of nitrogens with one attached hydrogen (secondary N) is 1. The van der Waals surface area contributed by atoms with Gasteiger partial charge in [-0.3, -0.25) is 19.7 Å². The first-order valence-electron chi connectivity index (χ1n) is 6.92. The maximum Gasteiger partial charge on any atom is 0.310 e. The smallest absolute Gasteiger partial charge is 0.310 e. The molecule has 0 unspecified atom stereocenters. The fraction of sp³-hybridized carbons (Fsp3) is 0.125. The van der Waals surface area contributed by atoms with Crippen molar-refractivity contribution in [2.75, 3.05) is 11.9 Å². The maximum absolute atomic E-state index is 11.7. The van der Waals surface area contributed by atoms with Crippen LogP contribution in [0.2, 0.25) is 0 Å². The van der Waals surface area contributed by atoms with Crippen molar-refractivity contribution < 1.29 is 24.4 Å². The highest BCUT2D eigenvalue weighted by Crippen LogP contribution is 2.15. The summed E-state index contributed by atoms with van der Waals surface area (Å²) in [6.45, 7) is -0.464. The minimum Gasteiger partial charge on any atom is -0.508 e. The average Bonchev–Trinajstić information content (AvgIpc) is 2.55. The fourth-order valence-electron chi connectivity index (χ4n) is 1.84. The van der Waals surface area contributed by atoms with Gasteiger partial charge in [0.25, 0.3) is 11.6 Å². The molecule has 0 fully saturated rings. The number of benzene rings is 2. The molecule has 0 aliphatic heterocycles. The topological polar surface area (TPSA) is 119 Å². The number of phenols is 1. The summed E-state index contributed by atoms with van der Waals surface area (Å²) >= 11 is 0. The summed E-state index contributed by atoms with van der Waals surface area (Å²) in [5.41, 5.74) is 0.919. The molecule has 2 N–H and O–H groups in total. The van der Waals surface area contributed by atoms with Crippen molar-refractivity contribution in [3.63, 3.8) is 0 Å². The molecule has 8 heteroatoms. The Bertz CT molecular complexity index is 740. The number of nitro benzene ring substituents is 1. The number of non-ortho nitro benzene ring substituents is 1. The molecular weight excluding hydrogens is 316 g/mol. The van der Waals surface area contributed by atoms with Crippen molar-refractivity contribution in [3.8, 4) is 5.75 Å². The highest BCUT2D eigenvalue weighted by molar-refractivity contribution is 5.93. The van der Waals surface area contributed by atoms with E-state index in [9.17, 15) is 19.7 Å². The lowest BCUT2D eigenvalue weighted by Gasteiger charge is -2.06. The van der Waals surface area contributed by atoms with E-state index in [0.29, 0.717) is 11.3 Å². The fourth-order valence-corrected chi connectivity index (χ4v) is 1.84. The van der Waals surface area contributed by atoms with Crippen molar-refractivity contribution in [2.24, 2.45) is 0 Å². The Morgan fingerprint density at radius 1 is 1.08 bits per heavy atom. The number of carbonyl (C=O) groups excluding carboxylic acids is 2. The van der Waals surface area contributed by atoms with Gasteiger partial charge in [-0.05, 0) is 29.8 Å². The van der Waals surface area contributed by atoms with Gasteiger partial charge in [0.05, 0.1) is 11.3 Å². The zero-order valence-electron chi connectivity index (χ0n) is 12.5. The first-order valence-corrected chi connectivity index (χ1v) is 6.92. The lowest BCUT2D eigenvalue weighted by molar-refractivity contribution is -0.384. The van der Waals surface area contributed by atoms with Gasteiger partial charge in [-0.1, -0.05) is 12.1 Å². The number of rotatable bonds is 6. The predicted molar refractivity (Wildman–Crippen MR) is 84.5 cm³/mol. The van der Waals surface area contributed by atoms with Gasteiger partial charge in [-0.25, -0.2) is 0 Å². The number of hydrogen-bond acceptors (Lipinski definition) is 6. The molecule has 2 aromatic rings. The number of nitro groups is 1. The monoisotopic (exact) mass is 330 g/mol. The standard InChI is InChI=1S/C16H14N2O6/c19-14-7-1-11(2-8-14)9-16(21)24-10-15(20)17-12-3-5-13(6-4-12)18(22)23/h1-8,19H,9-10H2,(H,17,20). The van der Waals surface area contributed by atoms with E-state index in [1.807, 2.05) is 0 Å². The van der Waals surface area contributed by atoms with Crippen LogP contribution in [0.1, 0.15) is 5.56 Å². The first-order chi connectivity index (χ1) is 11.4. The van der Waals surface area contributed by atoms with Crippen LogP contribution >= 0.6 is 0 Å². The van der Waals surface area contributed by atoms with Crippen LogP contribution < -0.4 is 5.32 Å². The molecule has 0 heterocycles. The zero-order valence-corrected chi connectivity index (χ0v) is 12.5. The number of esters is 1. The van der Waals surface area contributed by atoms with Gasteiger partial charge < -0.3 is 15.2 Å². The molecule has 0 aliphatic rings. The number of carbonyl (C=O) groups is 2. The zero-order chi connectivity index (χ0) is 17.5. The van der Waals surface area contributed by atoms with Crippen molar-refractivity contribution in [2.45, 2.75) is 6.42 Å². The number of ether oxygens (including phenoxy) is 1. The van der Waals surface area contributed by atoms with Crippen LogP contribution in [0.25, 0.3) is 0 Å². The summed E-state index contributed by atoms with van der Waals surface area (Å²) in [4.78, 5) is 33.3. The average molecular weight is 330 g/mol. The van der Waals surface area contributed by atoms with E-state index in [2.05, 4.69) is 5.32 Å². The van der Waals surface area contributed by atoms with E-state index in [4.69, 9.17) is 9.84 Å². The van der Waals surface area contributed by atoms with E-state index < -0.39 is 23.4 Å². The molecule has 0 aromatic heterocycles. The van der Waals surface area contributed by atoms with E-state index in [-0.39, 0.29) is 17.9 Å². The van der Waals surface area contributed by atoms with E-state index in [1.54, 1.807) is 12.1 Å². The molecule has 8 nitrogen and oxygen atoms in total. The Kier molecular flexibility index (Phi) is 5.45. The van der Waals surface area contributed by atoms with Crippen LogP contribution in [0.15, 0.2) is 48.5 Å². The van der Waals surface area contributed by atoms with Crippen LogP contribution in [0.5, 0.6) is 5.75 Å².